The first-order chi connectivity index (χ1) is 12.4. The molecule has 1 N–H and O–H groups in total. The van der Waals surface area contributed by atoms with E-state index >= 15 is 0 Å². The summed E-state index contributed by atoms with van der Waals surface area (Å²) < 4.78 is 24.6. The Morgan fingerprint density at radius 3 is 2.77 bits per heavy atom. The van der Waals surface area contributed by atoms with E-state index < -0.39 is 18.0 Å². The number of likely N-dealkylation sites (N-methyl/N-ethyl adjacent to an activating group) is 1. The summed E-state index contributed by atoms with van der Waals surface area (Å²) in [6.45, 7) is 1.51. The smallest absolute Gasteiger partial charge is 0.414 e. The third-order valence-electron chi connectivity index (χ3n) is 4.28. The van der Waals surface area contributed by atoms with Crippen molar-refractivity contribution in [1.82, 2.24) is 10.2 Å². The third kappa shape index (κ3) is 3.50. The molecule has 0 aromatic heterocycles. The highest BCUT2D eigenvalue weighted by Gasteiger charge is 2.34. The largest absolute Gasteiger partial charge is 0.474 e. The Kier molecular flexibility index (Phi) is 5.12. The minimum atomic E-state index is -0.568. The molecule has 1 atom stereocenters. The van der Waals surface area contributed by atoms with Crippen LogP contribution in [0.2, 0.25) is 0 Å². The molecule has 2 heterocycles. The van der Waals surface area contributed by atoms with Crippen molar-refractivity contribution in [1.29, 1.82) is 0 Å². The van der Waals surface area contributed by atoms with Crippen LogP contribution in [0.3, 0.4) is 0 Å². The molecule has 1 aromatic rings. The standard InChI is InChI=1S/C16H19FN4O4S/c1-19-5-6-20(15(19)22)13-4-3-10(7-12(13)17)21-9-11(25-16(21)23)8-18-14(26)24-2/h3-4,7,11H,5-6,8-9H2,1-2H3,(H,18,26). The summed E-state index contributed by atoms with van der Waals surface area (Å²) >= 11 is 4.87. The first kappa shape index (κ1) is 18.2. The summed E-state index contributed by atoms with van der Waals surface area (Å²) in [7, 11) is 3.10. The van der Waals surface area contributed by atoms with E-state index in [4.69, 9.17) is 21.7 Å². The average Bonchev–Trinajstić information content (AvgIpc) is 3.16. The van der Waals surface area contributed by atoms with Crippen LogP contribution in [0.15, 0.2) is 18.2 Å². The molecule has 0 radical (unpaired) electrons. The van der Waals surface area contributed by atoms with Crippen molar-refractivity contribution in [2.75, 3.05) is 50.1 Å². The SMILES string of the molecule is COC(=S)NCC1CN(c2ccc(N3CCN(C)C3=O)c(F)c2)C(=O)O1. The van der Waals surface area contributed by atoms with E-state index in [-0.39, 0.29) is 23.4 Å². The predicted octanol–water partition coefficient (Wildman–Crippen LogP) is 1.54. The van der Waals surface area contributed by atoms with Crippen LogP contribution in [0, 0.1) is 5.82 Å². The normalized spacial score (nSPS) is 19.8. The summed E-state index contributed by atoms with van der Waals surface area (Å²) in [5.74, 6) is -0.568. The number of carbonyl (C=O) groups excluding carboxylic acids is 2. The zero-order chi connectivity index (χ0) is 18.8. The Morgan fingerprint density at radius 1 is 1.38 bits per heavy atom. The van der Waals surface area contributed by atoms with Gasteiger partial charge in [0.25, 0.3) is 5.17 Å². The lowest BCUT2D eigenvalue weighted by molar-refractivity contribution is 0.142. The summed E-state index contributed by atoms with van der Waals surface area (Å²) in [4.78, 5) is 28.3. The fraction of sp³-hybridized carbons (Fsp3) is 0.438. The number of hydrogen-bond donors (Lipinski definition) is 1. The second-order valence-electron chi connectivity index (χ2n) is 5.98. The van der Waals surface area contributed by atoms with E-state index in [0.717, 1.165) is 0 Å². The number of amides is 3. The zero-order valence-electron chi connectivity index (χ0n) is 14.4. The number of ether oxygens (including phenoxy) is 2. The van der Waals surface area contributed by atoms with Crippen LogP contribution in [-0.2, 0) is 9.47 Å². The highest BCUT2D eigenvalue weighted by Crippen LogP contribution is 2.29. The van der Waals surface area contributed by atoms with Crippen molar-refractivity contribution in [2.24, 2.45) is 0 Å². The Bertz CT molecular complexity index is 747. The quantitative estimate of drug-likeness (QED) is 0.797. The first-order valence-electron chi connectivity index (χ1n) is 8.03. The number of urea groups is 1. The Labute approximate surface area is 155 Å². The van der Waals surface area contributed by atoms with Crippen LogP contribution in [0.1, 0.15) is 0 Å². The topological polar surface area (TPSA) is 74.4 Å². The number of benzene rings is 1. The molecule has 2 aliphatic heterocycles. The van der Waals surface area contributed by atoms with Crippen molar-refractivity contribution in [2.45, 2.75) is 6.10 Å². The first-order valence-corrected chi connectivity index (χ1v) is 8.43. The van der Waals surface area contributed by atoms with Gasteiger partial charge in [-0.3, -0.25) is 9.80 Å². The second kappa shape index (κ2) is 7.32. The number of halogens is 1. The molecule has 1 unspecified atom stereocenters. The molecule has 2 aliphatic rings. The summed E-state index contributed by atoms with van der Waals surface area (Å²) in [6.07, 6.45) is -1.00. The minimum absolute atomic E-state index is 0.194. The maximum absolute atomic E-state index is 14.5. The number of thiocarbonyl (C=S) groups is 1. The summed E-state index contributed by atoms with van der Waals surface area (Å²) in [5, 5.41) is 3.02. The average molecular weight is 382 g/mol. The third-order valence-corrected chi connectivity index (χ3v) is 4.59. The van der Waals surface area contributed by atoms with E-state index in [1.807, 2.05) is 0 Å². The fourth-order valence-corrected chi connectivity index (χ4v) is 2.94. The number of methoxy groups -OCH3 is 1. The number of nitrogens with zero attached hydrogens (tertiary/aromatic N) is 3. The van der Waals surface area contributed by atoms with Crippen LogP contribution < -0.4 is 15.1 Å². The van der Waals surface area contributed by atoms with Gasteiger partial charge in [0.05, 0.1) is 31.6 Å². The molecule has 140 valence electrons. The van der Waals surface area contributed by atoms with Crippen molar-refractivity contribution in [3.8, 4) is 0 Å². The van der Waals surface area contributed by atoms with Gasteiger partial charge in [0.15, 0.2) is 0 Å². The van der Waals surface area contributed by atoms with Gasteiger partial charge in [-0.15, -0.1) is 0 Å². The molecule has 2 saturated heterocycles. The second-order valence-corrected chi connectivity index (χ2v) is 6.35. The van der Waals surface area contributed by atoms with Gasteiger partial charge in [0.2, 0.25) is 0 Å². The summed E-state index contributed by atoms with van der Waals surface area (Å²) in [5.41, 5.74) is 0.562. The Hall–Kier alpha value is -2.62. The number of rotatable bonds is 4. The van der Waals surface area contributed by atoms with Gasteiger partial charge in [0, 0.05) is 20.1 Å². The summed E-state index contributed by atoms with van der Waals surface area (Å²) in [6, 6.07) is 4.08. The van der Waals surface area contributed by atoms with Gasteiger partial charge in [-0.1, -0.05) is 0 Å². The molecule has 0 bridgehead atoms. The monoisotopic (exact) mass is 382 g/mol. The van der Waals surface area contributed by atoms with Crippen LogP contribution in [0.5, 0.6) is 0 Å². The number of cyclic esters (lactones) is 1. The van der Waals surface area contributed by atoms with Gasteiger partial charge in [-0.05, 0) is 30.4 Å². The van der Waals surface area contributed by atoms with Crippen molar-refractivity contribution in [3.05, 3.63) is 24.0 Å². The molecule has 3 rings (SSSR count). The van der Waals surface area contributed by atoms with Crippen molar-refractivity contribution < 1.29 is 23.5 Å². The lowest BCUT2D eigenvalue weighted by Gasteiger charge is -2.19. The molecule has 0 saturated carbocycles. The van der Waals surface area contributed by atoms with E-state index in [1.165, 1.54) is 33.9 Å². The molecule has 2 fully saturated rings. The zero-order valence-corrected chi connectivity index (χ0v) is 15.2. The van der Waals surface area contributed by atoms with E-state index in [2.05, 4.69) is 5.32 Å². The maximum Gasteiger partial charge on any atom is 0.414 e. The molecule has 26 heavy (non-hydrogen) atoms. The van der Waals surface area contributed by atoms with Crippen LogP contribution in [0.4, 0.5) is 25.4 Å². The van der Waals surface area contributed by atoms with Gasteiger partial charge in [-0.2, -0.15) is 0 Å². The minimum Gasteiger partial charge on any atom is -0.474 e. The van der Waals surface area contributed by atoms with Gasteiger partial charge in [0.1, 0.15) is 11.9 Å². The lowest BCUT2D eigenvalue weighted by atomic mass is 10.2. The van der Waals surface area contributed by atoms with E-state index in [1.54, 1.807) is 13.1 Å². The van der Waals surface area contributed by atoms with Crippen LogP contribution in [-0.4, -0.2) is 68.6 Å². The molecule has 0 spiro atoms. The number of anilines is 2. The fourth-order valence-electron chi connectivity index (χ4n) is 2.86. The number of carbonyl (C=O) groups is 2. The molecule has 3 amide bonds. The number of hydrogen-bond acceptors (Lipinski definition) is 5. The lowest BCUT2D eigenvalue weighted by Crippen LogP contribution is -2.34. The molecular formula is C16H19FN4O4S. The number of nitrogens with one attached hydrogen (secondary N) is 1. The molecule has 1 aromatic carbocycles. The highest BCUT2D eigenvalue weighted by atomic mass is 32.1. The predicted molar refractivity (Wildman–Crippen MR) is 97.0 cm³/mol. The Balaban J connectivity index is 1.70. The van der Waals surface area contributed by atoms with E-state index in [9.17, 15) is 14.0 Å². The van der Waals surface area contributed by atoms with Crippen LogP contribution >= 0.6 is 12.2 Å². The van der Waals surface area contributed by atoms with Crippen molar-refractivity contribution in [3.63, 3.8) is 0 Å². The van der Waals surface area contributed by atoms with E-state index in [0.29, 0.717) is 25.3 Å². The molecular weight excluding hydrogens is 363 g/mol. The van der Waals surface area contributed by atoms with Gasteiger partial charge in [-0.25, -0.2) is 14.0 Å². The molecule has 10 heteroatoms. The van der Waals surface area contributed by atoms with Gasteiger partial charge >= 0.3 is 12.1 Å². The van der Waals surface area contributed by atoms with Gasteiger partial charge < -0.3 is 19.7 Å². The maximum atomic E-state index is 14.5. The highest BCUT2D eigenvalue weighted by molar-refractivity contribution is 7.80. The molecule has 0 aliphatic carbocycles. The van der Waals surface area contributed by atoms with Crippen molar-refractivity contribution >= 4 is 40.9 Å². The Morgan fingerprint density at radius 2 is 2.15 bits per heavy atom. The molecule has 8 nitrogen and oxygen atoms in total. The van der Waals surface area contributed by atoms with Crippen LogP contribution in [0.25, 0.3) is 0 Å².